The molecule has 0 aliphatic heterocycles. The van der Waals surface area contributed by atoms with E-state index in [1.54, 1.807) is 30.3 Å². The lowest BCUT2D eigenvalue weighted by Crippen LogP contribution is -2.12. The van der Waals surface area contributed by atoms with Gasteiger partial charge in [-0.2, -0.15) is 0 Å². The lowest BCUT2D eigenvalue weighted by atomic mass is 10.2. The standard InChI is InChI=1S/C21H20N4O3/c1-13-10-14(2)23-21(22-13)25-18-8-5-7-17(12-18)24-20(27)16-6-4-9-19(11-16)28-15(3)26/h4-12H,1-3H3,(H,24,27)(H,22,23,25). The first-order valence-electron chi connectivity index (χ1n) is 8.68. The summed E-state index contributed by atoms with van der Waals surface area (Å²) < 4.78 is 5.02. The summed E-state index contributed by atoms with van der Waals surface area (Å²) in [5.41, 5.74) is 3.47. The van der Waals surface area contributed by atoms with E-state index in [0.717, 1.165) is 17.1 Å². The highest BCUT2D eigenvalue weighted by molar-refractivity contribution is 6.04. The van der Waals surface area contributed by atoms with Gasteiger partial charge in [-0.3, -0.25) is 9.59 Å². The number of anilines is 3. The number of nitrogens with one attached hydrogen (secondary N) is 2. The summed E-state index contributed by atoms with van der Waals surface area (Å²) in [4.78, 5) is 32.3. The van der Waals surface area contributed by atoms with Gasteiger partial charge in [0.05, 0.1) is 0 Å². The van der Waals surface area contributed by atoms with Crippen molar-refractivity contribution in [2.75, 3.05) is 10.6 Å². The van der Waals surface area contributed by atoms with Crippen LogP contribution in [-0.2, 0) is 4.79 Å². The molecular weight excluding hydrogens is 356 g/mol. The van der Waals surface area contributed by atoms with Crippen molar-refractivity contribution in [1.82, 2.24) is 9.97 Å². The normalized spacial score (nSPS) is 10.2. The smallest absolute Gasteiger partial charge is 0.308 e. The number of nitrogens with zero attached hydrogens (tertiary/aromatic N) is 2. The van der Waals surface area contributed by atoms with Gasteiger partial charge in [0.25, 0.3) is 5.91 Å². The monoisotopic (exact) mass is 376 g/mol. The van der Waals surface area contributed by atoms with Crippen molar-refractivity contribution in [3.05, 3.63) is 71.5 Å². The average Bonchev–Trinajstić information content (AvgIpc) is 2.61. The van der Waals surface area contributed by atoms with Gasteiger partial charge in [0.2, 0.25) is 5.95 Å². The molecule has 1 amide bonds. The Labute approximate surface area is 162 Å². The molecule has 3 rings (SSSR count). The maximum absolute atomic E-state index is 12.5. The molecule has 0 aliphatic rings. The fourth-order valence-electron chi connectivity index (χ4n) is 2.66. The highest BCUT2D eigenvalue weighted by Gasteiger charge is 2.09. The minimum Gasteiger partial charge on any atom is -0.427 e. The number of rotatable bonds is 5. The first-order chi connectivity index (χ1) is 13.4. The average molecular weight is 376 g/mol. The molecule has 7 heteroatoms. The Hall–Kier alpha value is -3.74. The summed E-state index contributed by atoms with van der Waals surface area (Å²) in [7, 11) is 0. The predicted molar refractivity (Wildman–Crippen MR) is 107 cm³/mol. The van der Waals surface area contributed by atoms with Gasteiger partial charge in [-0.05, 0) is 56.3 Å². The van der Waals surface area contributed by atoms with Crippen LogP contribution < -0.4 is 15.4 Å². The highest BCUT2D eigenvalue weighted by atomic mass is 16.5. The van der Waals surface area contributed by atoms with Gasteiger partial charge in [0, 0.05) is 35.2 Å². The minimum atomic E-state index is -0.440. The summed E-state index contributed by atoms with van der Waals surface area (Å²) in [6, 6.07) is 15.6. The highest BCUT2D eigenvalue weighted by Crippen LogP contribution is 2.20. The molecule has 0 saturated heterocycles. The van der Waals surface area contributed by atoms with Crippen LogP contribution in [0.25, 0.3) is 0 Å². The van der Waals surface area contributed by atoms with Crippen LogP contribution in [0.4, 0.5) is 17.3 Å². The Balaban J connectivity index is 1.73. The fourth-order valence-corrected chi connectivity index (χ4v) is 2.66. The number of aryl methyl sites for hydroxylation is 2. The van der Waals surface area contributed by atoms with Gasteiger partial charge < -0.3 is 15.4 Å². The predicted octanol–water partition coefficient (Wildman–Crippen LogP) is 4.01. The maximum Gasteiger partial charge on any atom is 0.308 e. The number of amides is 1. The van der Waals surface area contributed by atoms with Crippen LogP contribution in [0.3, 0.4) is 0 Å². The van der Waals surface area contributed by atoms with E-state index in [2.05, 4.69) is 20.6 Å². The summed E-state index contributed by atoms with van der Waals surface area (Å²) in [5, 5.41) is 5.97. The second kappa shape index (κ2) is 8.30. The van der Waals surface area contributed by atoms with Crippen molar-refractivity contribution in [2.24, 2.45) is 0 Å². The van der Waals surface area contributed by atoms with Gasteiger partial charge in [-0.1, -0.05) is 12.1 Å². The van der Waals surface area contributed by atoms with Gasteiger partial charge in [0.1, 0.15) is 5.75 Å². The van der Waals surface area contributed by atoms with Crippen molar-refractivity contribution >= 4 is 29.2 Å². The van der Waals surface area contributed by atoms with Gasteiger partial charge in [0.15, 0.2) is 0 Å². The van der Waals surface area contributed by atoms with E-state index in [-0.39, 0.29) is 5.91 Å². The Bertz CT molecular complexity index is 1010. The molecule has 3 aromatic rings. The lowest BCUT2D eigenvalue weighted by Gasteiger charge is -2.10. The molecule has 1 heterocycles. The van der Waals surface area contributed by atoms with Crippen LogP contribution in [0.1, 0.15) is 28.7 Å². The quantitative estimate of drug-likeness (QED) is 0.516. The van der Waals surface area contributed by atoms with Gasteiger partial charge in [-0.25, -0.2) is 9.97 Å². The molecule has 7 nitrogen and oxygen atoms in total. The molecule has 0 bridgehead atoms. The molecule has 1 aromatic heterocycles. The summed E-state index contributed by atoms with van der Waals surface area (Å²) >= 11 is 0. The molecule has 2 N–H and O–H groups in total. The molecule has 142 valence electrons. The Morgan fingerprint density at radius 3 is 2.29 bits per heavy atom. The van der Waals surface area contributed by atoms with Crippen molar-refractivity contribution < 1.29 is 14.3 Å². The van der Waals surface area contributed by atoms with Crippen LogP contribution in [-0.4, -0.2) is 21.8 Å². The first kappa shape index (κ1) is 19.0. The van der Waals surface area contributed by atoms with Crippen LogP contribution in [0.15, 0.2) is 54.6 Å². The molecule has 0 aliphatic carbocycles. The molecule has 0 fully saturated rings. The Morgan fingerprint density at radius 1 is 0.893 bits per heavy atom. The molecular formula is C21H20N4O3. The number of benzene rings is 2. The molecule has 28 heavy (non-hydrogen) atoms. The molecule has 0 saturated carbocycles. The largest absolute Gasteiger partial charge is 0.427 e. The topological polar surface area (TPSA) is 93.2 Å². The third-order valence-corrected chi connectivity index (χ3v) is 3.72. The fraction of sp³-hybridized carbons (Fsp3) is 0.143. The number of aromatic nitrogens is 2. The Kier molecular flexibility index (Phi) is 5.64. The molecule has 0 spiro atoms. The number of ether oxygens (including phenoxy) is 1. The van der Waals surface area contributed by atoms with Crippen molar-refractivity contribution in [2.45, 2.75) is 20.8 Å². The molecule has 0 atom stereocenters. The van der Waals surface area contributed by atoms with Crippen LogP contribution >= 0.6 is 0 Å². The van der Waals surface area contributed by atoms with Crippen molar-refractivity contribution in [3.63, 3.8) is 0 Å². The van der Waals surface area contributed by atoms with E-state index in [9.17, 15) is 9.59 Å². The van der Waals surface area contributed by atoms with Crippen molar-refractivity contribution in [3.8, 4) is 5.75 Å². The van der Waals surface area contributed by atoms with E-state index in [0.29, 0.717) is 22.9 Å². The third kappa shape index (κ3) is 5.14. The zero-order valence-corrected chi connectivity index (χ0v) is 15.8. The molecule has 0 unspecified atom stereocenters. The van der Waals surface area contributed by atoms with Crippen LogP contribution in [0.5, 0.6) is 5.75 Å². The number of carbonyl (C=O) groups excluding carboxylic acids is 2. The van der Waals surface area contributed by atoms with E-state index in [4.69, 9.17) is 4.74 Å². The molecule has 2 aromatic carbocycles. The number of esters is 1. The maximum atomic E-state index is 12.5. The summed E-state index contributed by atoms with van der Waals surface area (Å²) in [6.45, 7) is 5.12. The second-order valence-electron chi connectivity index (χ2n) is 6.26. The number of hydrogen-bond acceptors (Lipinski definition) is 6. The second-order valence-corrected chi connectivity index (χ2v) is 6.26. The molecule has 0 radical (unpaired) electrons. The zero-order valence-electron chi connectivity index (χ0n) is 15.8. The third-order valence-electron chi connectivity index (χ3n) is 3.72. The first-order valence-corrected chi connectivity index (χ1v) is 8.68. The van der Waals surface area contributed by atoms with E-state index in [1.807, 2.05) is 32.0 Å². The van der Waals surface area contributed by atoms with Crippen LogP contribution in [0, 0.1) is 13.8 Å². The Morgan fingerprint density at radius 2 is 1.57 bits per heavy atom. The SMILES string of the molecule is CC(=O)Oc1cccc(C(=O)Nc2cccc(Nc3nc(C)cc(C)n3)c2)c1. The number of hydrogen-bond donors (Lipinski definition) is 2. The van der Waals surface area contributed by atoms with Crippen molar-refractivity contribution in [1.29, 1.82) is 0 Å². The zero-order chi connectivity index (χ0) is 20.1. The van der Waals surface area contributed by atoms with E-state index < -0.39 is 5.97 Å². The van der Waals surface area contributed by atoms with Crippen LogP contribution in [0.2, 0.25) is 0 Å². The van der Waals surface area contributed by atoms with Gasteiger partial charge >= 0.3 is 5.97 Å². The van der Waals surface area contributed by atoms with Gasteiger partial charge in [-0.15, -0.1) is 0 Å². The summed E-state index contributed by atoms with van der Waals surface area (Å²) in [6.07, 6.45) is 0. The summed E-state index contributed by atoms with van der Waals surface area (Å²) in [5.74, 6) is 0.0660. The number of carbonyl (C=O) groups is 2. The minimum absolute atomic E-state index is 0.311. The van der Waals surface area contributed by atoms with E-state index in [1.165, 1.54) is 13.0 Å². The lowest BCUT2D eigenvalue weighted by molar-refractivity contribution is -0.131. The van der Waals surface area contributed by atoms with E-state index >= 15 is 0 Å².